The highest BCUT2D eigenvalue weighted by Crippen LogP contribution is 2.45. The summed E-state index contributed by atoms with van der Waals surface area (Å²) in [5, 5.41) is 17.3. The summed E-state index contributed by atoms with van der Waals surface area (Å²) >= 11 is 6.84. The zero-order valence-corrected chi connectivity index (χ0v) is 15.8. The van der Waals surface area contributed by atoms with E-state index in [2.05, 4.69) is 10.1 Å². The molecule has 3 aromatic rings. The number of halogens is 4. The van der Waals surface area contributed by atoms with Gasteiger partial charge in [0.05, 0.1) is 17.8 Å². The molecule has 0 spiro atoms. The molecule has 1 unspecified atom stereocenters. The van der Waals surface area contributed by atoms with E-state index in [1.165, 1.54) is 0 Å². The predicted octanol–water partition coefficient (Wildman–Crippen LogP) is 5.33. The third-order valence-electron chi connectivity index (χ3n) is 4.36. The van der Waals surface area contributed by atoms with E-state index in [-0.39, 0.29) is 10.8 Å². The smallest absolute Gasteiger partial charge is 0.362 e. The van der Waals surface area contributed by atoms with Crippen molar-refractivity contribution in [2.45, 2.75) is 18.3 Å². The molecule has 0 amide bonds. The standard InChI is InChI=1S/C19H13ClF3N3OS/c20-14-8-6-13(7-9-14)16-11-28-17(24-16)26-18(27,19(21,22)23)10-15(25-26)12-4-2-1-3-5-12/h1-9,11,27H,10H2. The molecule has 0 saturated carbocycles. The molecule has 1 aromatic heterocycles. The molecule has 0 saturated heterocycles. The maximum atomic E-state index is 13.7. The summed E-state index contributed by atoms with van der Waals surface area (Å²) in [6, 6.07) is 15.3. The normalized spacial score (nSPS) is 19.8. The summed E-state index contributed by atoms with van der Waals surface area (Å²) in [5.74, 6) is 0. The molecule has 4 rings (SSSR count). The van der Waals surface area contributed by atoms with Crippen LogP contribution >= 0.6 is 22.9 Å². The summed E-state index contributed by atoms with van der Waals surface area (Å²) in [7, 11) is 0. The SMILES string of the molecule is OC1(C(F)(F)F)CC(c2ccccc2)=NN1c1nc(-c2ccc(Cl)cc2)cs1. The predicted molar refractivity (Wildman–Crippen MR) is 104 cm³/mol. The Morgan fingerprint density at radius 1 is 1.04 bits per heavy atom. The zero-order chi connectivity index (χ0) is 19.9. The van der Waals surface area contributed by atoms with Gasteiger partial charge in [0, 0.05) is 16.0 Å². The van der Waals surface area contributed by atoms with Gasteiger partial charge in [-0.05, 0) is 17.7 Å². The number of aromatic nitrogens is 1. The number of rotatable bonds is 3. The van der Waals surface area contributed by atoms with Gasteiger partial charge in [0.1, 0.15) is 0 Å². The average molecular weight is 424 g/mol. The Balaban J connectivity index is 1.75. The highest BCUT2D eigenvalue weighted by molar-refractivity contribution is 7.14. The second-order valence-electron chi connectivity index (χ2n) is 6.24. The Kier molecular flexibility index (Phi) is 4.65. The van der Waals surface area contributed by atoms with Gasteiger partial charge in [-0.15, -0.1) is 11.3 Å². The second-order valence-corrected chi connectivity index (χ2v) is 7.51. The minimum absolute atomic E-state index is 0.0456. The molecule has 28 heavy (non-hydrogen) atoms. The lowest BCUT2D eigenvalue weighted by Gasteiger charge is -2.32. The molecule has 1 aliphatic rings. The van der Waals surface area contributed by atoms with E-state index in [1.807, 2.05) is 0 Å². The summed E-state index contributed by atoms with van der Waals surface area (Å²) < 4.78 is 41.2. The average Bonchev–Trinajstić information content (AvgIpc) is 3.28. The summed E-state index contributed by atoms with van der Waals surface area (Å²) in [5.41, 5.74) is -1.32. The molecule has 4 nitrogen and oxygen atoms in total. The molecule has 0 bridgehead atoms. The number of hydrogen-bond donors (Lipinski definition) is 1. The number of benzene rings is 2. The van der Waals surface area contributed by atoms with E-state index >= 15 is 0 Å². The molecular weight excluding hydrogens is 411 g/mol. The number of anilines is 1. The van der Waals surface area contributed by atoms with Crippen molar-refractivity contribution in [3.63, 3.8) is 0 Å². The van der Waals surface area contributed by atoms with Gasteiger partial charge >= 0.3 is 6.18 Å². The van der Waals surface area contributed by atoms with E-state index < -0.39 is 18.3 Å². The summed E-state index contributed by atoms with van der Waals surface area (Å²) in [6.07, 6.45) is -5.60. The van der Waals surface area contributed by atoms with Crippen LogP contribution < -0.4 is 5.01 Å². The molecule has 2 heterocycles. The maximum Gasteiger partial charge on any atom is 0.438 e. The van der Waals surface area contributed by atoms with E-state index in [0.717, 1.165) is 11.3 Å². The Hall–Kier alpha value is -2.42. The third kappa shape index (κ3) is 3.28. The monoisotopic (exact) mass is 423 g/mol. The fraction of sp³-hybridized carbons (Fsp3) is 0.158. The van der Waals surface area contributed by atoms with Crippen molar-refractivity contribution in [1.29, 1.82) is 0 Å². The molecule has 0 fully saturated rings. The molecule has 9 heteroatoms. The van der Waals surface area contributed by atoms with Crippen LogP contribution in [0.2, 0.25) is 5.02 Å². The van der Waals surface area contributed by atoms with Crippen molar-refractivity contribution in [2.75, 3.05) is 5.01 Å². The van der Waals surface area contributed by atoms with E-state index in [4.69, 9.17) is 11.6 Å². The zero-order valence-electron chi connectivity index (χ0n) is 14.2. The summed E-state index contributed by atoms with van der Waals surface area (Å²) in [4.78, 5) is 4.26. The van der Waals surface area contributed by atoms with E-state index in [9.17, 15) is 18.3 Å². The van der Waals surface area contributed by atoms with Gasteiger partial charge in [0.2, 0.25) is 5.13 Å². The van der Waals surface area contributed by atoms with E-state index in [0.29, 0.717) is 26.9 Å². The molecule has 0 radical (unpaired) electrons. The number of nitrogens with zero attached hydrogens (tertiary/aromatic N) is 3. The first-order valence-electron chi connectivity index (χ1n) is 8.22. The van der Waals surface area contributed by atoms with Crippen molar-refractivity contribution in [1.82, 2.24) is 4.98 Å². The number of hydrazone groups is 1. The topological polar surface area (TPSA) is 48.7 Å². The summed E-state index contributed by atoms with van der Waals surface area (Å²) in [6.45, 7) is 0. The van der Waals surface area contributed by atoms with Crippen LogP contribution in [-0.2, 0) is 0 Å². The maximum absolute atomic E-state index is 13.7. The fourth-order valence-electron chi connectivity index (χ4n) is 2.87. The quantitative estimate of drug-likeness (QED) is 0.619. The lowest BCUT2D eigenvalue weighted by molar-refractivity contribution is -0.254. The lowest BCUT2D eigenvalue weighted by atomic mass is 10.0. The van der Waals surface area contributed by atoms with Crippen LogP contribution in [0.15, 0.2) is 65.1 Å². The van der Waals surface area contributed by atoms with Gasteiger partial charge in [0.25, 0.3) is 5.72 Å². The molecule has 1 aliphatic heterocycles. The van der Waals surface area contributed by atoms with Crippen molar-refractivity contribution in [3.05, 3.63) is 70.6 Å². The Morgan fingerprint density at radius 2 is 1.71 bits per heavy atom. The van der Waals surface area contributed by atoms with Gasteiger partial charge in [0.15, 0.2) is 0 Å². The lowest BCUT2D eigenvalue weighted by Crippen LogP contribution is -2.55. The van der Waals surface area contributed by atoms with Gasteiger partial charge < -0.3 is 5.11 Å². The number of aliphatic hydroxyl groups is 1. The highest BCUT2D eigenvalue weighted by Gasteiger charge is 2.62. The highest BCUT2D eigenvalue weighted by atomic mass is 35.5. The molecule has 1 atom stereocenters. The molecular formula is C19H13ClF3N3OS. The van der Waals surface area contributed by atoms with Crippen LogP contribution in [0.1, 0.15) is 12.0 Å². The van der Waals surface area contributed by atoms with Crippen molar-refractivity contribution in [3.8, 4) is 11.3 Å². The van der Waals surface area contributed by atoms with Gasteiger partial charge in [-0.3, -0.25) is 0 Å². The second kappa shape index (κ2) is 6.88. The fourth-order valence-corrected chi connectivity index (χ4v) is 3.85. The van der Waals surface area contributed by atoms with Crippen LogP contribution in [0.4, 0.5) is 18.3 Å². The Morgan fingerprint density at radius 3 is 2.36 bits per heavy atom. The molecule has 2 aromatic carbocycles. The minimum Gasteiger partial charge on any atom is -0.362 e. The first-order valence-corrected chi connectivity index (χ1v) is 9.47. The van der Waals surface area contributed by atoms with Crippen molar-refractivity contribution < 1.29 is 18.3 Å². The Bertz CT molecular complexity index is 1020. The first kappa shape index (κ1) is 18.9. The number of alkyl halides is 3. The van der Waals surface area contributed by atoms with Gasteiger partial charge in [-0.25, -0.2) is 4.98 Å². The van der Waals surface area contributed by atoms with Crippen LogP contribution in [-0.4, -0.2) is 27.7 Å². The van der Waals surface area contributed by atoms with Crippen LogP contribution in [0, 0.1) is 0 Å². The number of thiazole rings is 1. The first-order chi connectivity index (χ1) is 13.3. The van der Waals surface area contributed by atoms with Gasteiger partial charge in [-0.1, -0.05) is 54.1 Å². The van der Waals surface area contributed by atoms with Crippen LogP contribution in [0.5, 0.6) is 0 Å². The molecule has 144 valence electrons. The van der Waals surface area contributed by atoms with E-state index in [1.54, 1.807) is 60.0 Å². The third-order valence-corrected chi connectivity index (χ3v) is 5.43. The van der Waals surface area contributed by atoms with Crippen LogP contribution in [0.3, 0.4) is 0 Å². The largest absolute Gasteiger partial charge is 0.438 e. The number of hydrogen-bond acceptors (Lipinski definition) is 5. The minimum atomic E-state index is -4.92. The van der Waals surface area contributed by atoms with Gasteiger partial charge in [-0.2, -0.15) is 23.3 Å². The van der Waals surface area contributed by atoms with Crippen LogP contribution in [0.25, 0.3) is 11.3 Å². The van der Waals surface area contributed by atoms with Crippen molar-refractivity contribution >= 4 is 33.8 Å². The van der Waals surface area contributed by atoms with Crippen molar-refractivity contribution in [2.24, 2.45) is 5.10 Å². The Labute approximate surface area is 167 Å². The molecule has 1 N–H and O–H groups in total. The molecule has 0 aliphatic carbocycles.